The Morgan fingerprint density at radius 3 is 2.59 bits per heavy atom. The number of hydrogen-bond donors (Lipinski definition) is 0. The second-order valence-electron chi connectivity index (χ2n) is 5.45. The molecule has 1 aromatic rings. The van der Waals surface area contributed by atoms with Gasteiger partial charge in [-0.25, -0.2) is 0 Å². The number of piperidine rings is 1. The predicted molar refractivity (Wildman–Crippen MR) is 74.6 cm³/mol. The summed E-state index contributed by atoms with van der Waals surface area (Å²) < 4.78 is 0. The fourth-order valence-electron chi connectivity index (χ4n) is 3.28. The van der Waals surface area contributed by atoms with Crippen LogP contribution in [0.3, 0.4) is 0 Å². The second-order valence-corrected chi connectivity index (χ2v) is 5.45. The molecular formula is C16H25N. The van der Waals surface area contributed by atoms with Crippen molar-refractivity contribution >= 4 is 0 Å². The second kappa shape index (κ2) is 5.68. The van der Waals surface area contributed by atoms with Gasteiger partial charge in [-0.15, -0.1) is 0 Å². The first-order valence-electron chi connectivity index (χ1n) is 7.00. The molecule has 1 heterocycles. The van der Waals surface area contributed by atoms with E-state index in [1.165, 1.54) is 50.0 Å². The molecule has 0 aromatic heterocycles. The maximum atomic E-state index is 2.64. The topological polar surface area (TPSA) is 3.24 Å². The van der Waals surface area contributed by atoms with Gasteiger partial charge in [0.1, 0.15) is 0 Å². The molecule has 2 rings (SSSR count). The lowest BCUT2D eigenvalue weighted by molar-refractivity contribution is 0.208. The van der Waals surface area contributed by atoms with Crippen LogP contribution >= 0.6 is 0 Å². The van der Waals surface area contributed by atoms with E-state index in [0.717, 1.165) is 5.92 Å². The molecule has 0 spiro atoms. The van der Waals surface area contributed by atoms with E-state index in [2.05, 4.69) is 43.9 Å². The van der Waals surface area contributed by atoms with Crippen LogP contribution in [0.4, 0.5) is 0 Å². The number of aryl methyl sites for hydroxylation is 2. The molecule has 0 aliphatic carbocycles. The minimum absolute atomic E-state index is 0.761. The molecule has 1 aliphatic heterocycles. The first-order valence-corrected chi connectivity index (χ1v) is 7.00. The highest BCUT2D eigenvalue weighted by Gasteiger charge is 2.22. The van der Waals surface area contributed by atoms with E-state index in [1.54, 1.807) is 5.56 Å². The maximum Gasteiger partial charge on any atom is 0.00505 e. The van der Waals surface area contributed by atoms with Gasteiger partial charge >= 0.3 is 0 Å². The van der Waals surface area contributed by atoms with Crippen LogP contribution in [0.5, 0.6) is 0 Å². The Morgan fingerprint density at radius 2 is 1.94 bits per heavy atom. The average molecular weight is 231 g/mol. The van der Waals surface area contributed by atoms with Crippen molar-refractivity contribution in [1.82, 2.24) is 4.90 Å². The summed E-state index contributed by atoms with van der Waals surface area (Å²) in [6.45, 7) is 10.6. The molecule has 1 fully saturated rings. The van der Waals surface area contributed by atoms with Crippen LogP contribution in [-0.4, -0.2) is 24.5 Å². The Labute approximate surface area is 106 Å². The molecule has 0 radical (unpaired) electrons. The van der Waals surface area contributed by atoms with Crippen LogP contribution in [-0.2, 0) is 0 Å². The van der Waals surface area contributed by atoms with Crippen molar-refractivity contribution in [2.75, 3.05) is 19.6 Å². The van der Waals surface area contributed by atoms with Gasteiger partial charge in [0.05, 0.1) is 0 Å². The zero-order valence-electron chi connectivity index (χ0n) is 11.5. The Kier molecular flexibility index (Phi) is 4.22. The van der Waals surface area contributed by atoms with Crippen LogP contribution in [0.2, 0.25) is 0 Å². The van der Waals surface area contributed by atoms with Gasteiger partial charge < -0.3 is 4.90 Å². The zero-order chi connectivity index (χ0) is 12.3. The van der Waals surface area contributed by atoms with E-state index in [4.69, 9.17) is 0 Å². The molecule has 0 amide bonds. The fraction of sp³-hybridized carbons (Fsp3) is 0.625. The smallest absolute Gasteiger partial charge is 0.00505 e. The molecule has 1 heteroatoms. The van der Waals surface area contributed by atoms with Crippen LogP contribution < -0.4 is 0 Å². The number of benzene rings is 1. The molecule has 0 bridgehead atoms. The molecule has 0 N–H and O–H groups in total. The lowest BCUT2D eigenvalue weighted by Crippen LogP contribution is -2.35. The van der Waals surface area contributed by atoms with Gasteiger partial charge in [-0.2, -0.15) is 0 Å². The lowest BCUT2D eigenvalue weighted by atomic mass is 9.85. The molecular weight excluding hydrogens is 206 g/mol. The van der Waals surface area contributed by atoms with E-state index < -0.39 is 0 Å². The SMILES string of the molecule is CCCN1CCC[C@@H](c2c(C)cccc2C)C1. The van der Waals surface area contributed by atoms with Gasteiger partial charge in [0.2, 0.25) is 0 Å². The number of rotatable bonds is 3. The van der Waals surface area contributed by atoms with E-state index in [1.807, 2.05) is 0 Å². The molecule has 17 heavy (non-hydrogen) atoms. The predicted octanol–water partition coefficient (Wildman–Crippen LogP) is 3.89. The highest BCUT2D eigenvalue weighted by atomic mass is 15.1. The minimum Gasteiger partial charge on any atom is -0.303 e. The highest BCUT2D eigenvalue weighted by molar-refractivity contribution is 5.37. The van der Waals surface area contributed by atoms with Crippen molar-refractivity contribution in [3.05, 3.63) is 34.9 Å². The van der Waals surface area contributed by atoms with E-state index >= 15 is 0 Å². The van der Waals surface area contributed by atoms with Crippen LogP contribution in [0.15, 0.2) is 18.2 Å². The Balaban J connectivity index is 2.16. The highest BCUT2D eigenvalue weighted by Crippen LogP contribution is 2.31. The molecule has 1 aromatic carbocycles. The third kappa shape index (κ3) is 2.90. The van der Waals surface area contributed by atoms with E-state index in [-0.39, 0.29) is 0 Å². The zero-order valence-corrected chi connectivity index (χ0v) is 11.5. The summed E-state index contributed by atoms with van der Waals surface area (Å²) in [4.78, 5) is 2.64. The number of likely N-dealkylation sites (tertiary alicyclic amines) is 1. The lowest BCUT2D eigenvalue weighted by Gasteiger charge is -2.34. The number of nitrogens with zero attached hydrogens (tertiary/aromatic N) is 1. The molecule has 0 unspecified atom stereocenters. The molecule has 0 saturated carbocycles. The molecule has 1 saturated heterocycles. The van der Waals surface area contributed by atoms with Gasteiger partial charge in [-0.3, -0.25) is 0 Å². The van der Waals surface area contributed by atoms with E-state index in [9.17, 15) is 0 Å². The monoisotopic (exact) mass is 231 g/mol. The van der Waals surface area contributed by atoms with Gasteiger partial charge in [0.25, 0.3) is 0 Å². The van der Waals surface area contributed by atoms with Crippen LogP contribution in [0.25, 0.3) is 0 Å². The summed E-state index contributed by atoms with van der Waals surface area (Å²) in [5, 5.41) is 0. The van der Waals surface area contributed by atoms with Crippen molar-refractivity contribution < 1.29 is 0 Å². The van der Waals surface area contributed by atoms with Gasteiger partial charge in [0, 0.05) is 6.54 Å². The average Bonchev–Trinajstić information content (AvgIpc) is 2.30. The Hall–Kier alpha value is -0.820. The van der Waals surface area contributed by atoms with Gasteiger partial charge in [-0.05, 0) is 68.8 Å². The molecule has 1 atom stereocenters. The first kappa shape index (κ1) is 12.6. The first-order chi connectivity index (χ1) is 8.22. The molecule has 1 aliphatic rings. The van der Waals surface area contributed by atoms with Gasteiger partial charge in [0.15, 0.2) is 0 Å². The summed E-state index contributed by atoms with van der Waals surface area (Å²) >= 11 is 0. The minimum atomic E-state index is 0.761. The number of hydrogen-bond acceptors (Lipinski definition) is 1. The largest absolute Gasteiger partial charge is 0.303 e. The van der Waals surface area contributed by atoms with Crippen molar-refractivity contribution in [1.29, 1.82) is 0 Å². The molecule has 94 valence electrons. The Bertz CT molecular complexity index is 348. The molecule has 1 nitrogen and oxygen atoms in total. The summed E-state index contributed by atoms with van der Waals surface area (Å²) in [6, 6.07) is 6.71. The fourth-order valence-corrected chi connectivity index (χ4v) is 3.28. The van der Waals surface area contributed by atoms with Crippen LogP contribution in [0, 0.1) is 13.8 Å². The summed E-state index contributed by atoms with van der Waals surface area (Å²) in [6.07, 6.45) is 4.00. The van der Waals surface area contributed by atoms with Crippen molar-refractivity contribution in [3.8, 4) is 0 Å². The third-order valence-corrected chi connectivity index (χ3v) is 4.00. The summed E-state index contributed by atoms with van der Waals surface area (Å²) in [5.74, 6) is 0.761. The normalized spacial score (nSPS) is 21.7. The van der Waals surface area contributed by atoms with Crippen LogP contribution in [0.1, 0.15) is 48.8 Å². The standard InChI is InChI=1S/C16H25N/c1-4-10-17-11-6-9-15(12-17)16-13(2)7-5-8-14(16)3/h5,7-8,15H,4,6,9-12H2,1-3H3/t15-/m1/s1. The van der Waals surface area contributed by atoms with Crippen molar-refractivity contribution in [2.45, 2.75) is 46.0 Å². The maximum absolute atomic E-state index is 2.64. The third-order valence-electron chi connectivity index (χ3n) is 4.00. The summed E-state index contributed by atoms with van der Waals surface area (Å²) in [7, 11) is 0. The quantitative estimate of drug-likeness (QED) is 0.763. The van der Waals surface area contributed by atoms with Gasteiger partial charge in [-0.1, -0.05) is 25.1 Å². The Morgan fingerprint density at radius 1 is 1.24 bits per heavy atom. The van der Waals surface area contributed by atoms with Crippen molar-refractivity contribution in [2.24, 2.45) is 0 Å². The van der Waals surface area contributed by atoms with Crippen molar-refractivity contribution in [3.63, 3.8) is 0 Å². The summed E-state index contributed by atoms with van der Waals surface area (Å²) in [5.41, 5.74) is 4.58. The van der Waals surface area contributed by atoms with E-state index in [0.29, 0.717) is 0 Å².